The van der Waals surface area contributed by atoms with E-state index in [2.05, 4.69) is 28.8 Å². The molecule has 260 valence electrons. The van der Waals surface area contributed by atoms with Crippen molar-refractivity contribution in [2.24, 2.45) is 5.92 Å². The molecule has 0 saturated heterocycles. The molecule has 11 nitrogen and oxygen atoms in total. The number of carbonyl (C=O) groups is 5. The minimum absolute atomic E-state index is 0.135. The summed E-state index contributed by atoms with van der Waals surface area (Å²) in [5.74, 6) is -0.780. The Bertz CT molecular complexity index is 1230. The van der Waals surface area contributed by atoms with Gasteiger partial charge >= 0.3 is 17.9 Å². The Labute approximate surface area is 278 Å². The number of aliphatic carboxylic acids is 2. The SMILES string of the molecule is CC#CCOc1ccc(C[C@H](NC(=O)[C@@H](/C=C/CCCCCCC(=O)CCCCCCC)[C@@](O)(CC(=O)O)C(=O)OC)C(=O)O)cc1. The van der Waals surface area contributed by atoms with Gasteiger partial charge in [-0.3, -0.25) is 14.4 Å². The number of hydrogen-bond donors (Lipinski definition) is 4. The number of ketones is 1. The summed E-state index contributed by atoms with van der Waals surface area (Å²) < 4.78 is 10.1. The molecule has 0 aromatic heterocycles. The van der Waals surface area contributed by atoms with E-state index in [4.69, 9.17) is 4.74 Å². The molecule has 0 aliphatic carbocycles. The van der Waals surface area contributed by atoms with Gasteiger partial charge in [0, 0.05) is 19.3 Å². The highest BCUT2D eigenvalue weighted by molar-refractivity contribution is 5.95. The van der Waals surface area contributed by atoms with Crippen molar-refractivity contribution in [3.05, 3.63) is 42.0 Å². The summed E-state index contributed by atoms with van der Waals surface area (Å²) in [5, 5.41) is 32.8. The van der Waals surface area contributed by atoms with Crippen molar-refractivity contribution in [3.63, 3.8) is 0 Å². The predicted octanol–water partition coefficient (Wildman–Crippen LogP) is 5.02. The zero-order valence-corrected chi connectivity index (χ0v) is 27.9. The van der Waals surface area contributed by atoms with Crippen LogP contribution in [0.15, 0.2) is 36.4 Å². The zero-order valence-electron chi connectivity index (χ0n) is 27.9. The van der Waals surface area contributed by atoms with Crippen LogP contribution in [0.1, 0.15) is 103 Å². The van der Waals surface area contributed by atoms with E-state index in [0.717, 1.165) is 45.6 Å². The number of hydrogen-bond acceptors (Lipinski definition) is 8. The molecule has 0 saturated carbocycles. The van der Waals surface area contributed by atoms with E-state index in [1.54, 1.807) is 37.3 Å². The highest BCUT2D eigenvalue weighted by atomic mass is 16.5. The molecule has 47 heavy (non-hydrogen) atoms. The third-order valence-corrected chi connectivity index (χ3v) is 7.69. The molecule has 4 N–H and O–H groups in total. The third-order valence-electron chi connectivity index (χ3n) is 7.69. The fraction of sp³-hybridized carbons (Fsp3) is 0.583. The fourth-order valence-electron chi connectivity index (χ4n) is 5.01. The van der Waals surface area contributed by atoms with Crippen LogP contribution in [0.25, 0.3) is 0 Å². The maximum Gasteiger partial charge on any atom is 0.339 e. The maximum absolute atomic E-state index is 13.4. The number of ether oxygens (including phenoxy) is 2. The second-order valence-electron chi connectivity index (χ2n) is 11.5. The van der Waals surface area contributed by atoms with Gasteiger partial charge in [0.15, 0.2) is 5.60 Å². The number of carboxylic acid groups (broad SMARTS) is 2. The van der Waals surface area contributed by atoms with Gasteiger partial charge in [-0.05, 0) is 50.3 Å². The van der Waals surface area contributed by atoms with Crippen LogP contribution in [-0.4, -0.2) is 70.3 Å². The van der Waals surface area contributed by atoms with Gasteiger partial charge in [-0.1, -0.05) is 75.7 Å². The van der Waals surface area contributed by atoms with E-state index >= 15 is 0 Å². The summed E-state index contributed by atoms with van der Waals surface area (Å²) in [5.41, 5.74) is -2.23. The monoisotopic (exact) mass is 657 g/mol. The molecule has 0 spiro atoms. The van der Waals surface area contributed by atoms with E-state index in [-0.39, 0.29) is 18.8 Å². The first-order valence-corrected chi connectivity index (χ1v) is 16.3. The third kappa shape index (κ3) is 16.3. The molecular formula is C36H51NO10. The van der Waals surface area contributed by atoms with E-state index in [1.165, 1.54) is 18.9 Å². The first-order chi connectivity index (χ1) is 22.5. The van der Waals surface area contributed by atoms with Gasteiger partial charge in [-0.15, -0.1) is 5.92 Å². The number of Topliss-reactive ketones (excluding diaryl/α,β-unsaturated/α-hetero) is 1. The van der Waals surface area contributed by atoms with E-state index in [9.17, 15) is 39.3 Å². The van der Waals surface area contributed by atoms with Crippen LogP contribution in [-0.2, 0) is 35.1 Å². The van der Waals surface area contributed by atoms with Crippen molar-refractivity contribution in [1.29, 1.82) is 0 Å². The van der Waals surface area contributed by atoms with Crippen LogP contribution in [0.4, 0.5) is 0 Å². The van der Waals surface area contributed by atoms with Crippen molar-refractivity contribution in [2.45, 2.75) is 115 Å². The smallest absolute Gasteiger partial charge is 0.339 e. The Morgan fingerprint density at radius 1 is 0.936 bits per heavy atom. The highest BCUT2D eigenvalue weighted by Gasteiger charge is 2.50. The number of methoxy groups -OCH3 is 1. The molecule has 0 bridgehead atoms. The van der Waals surface area contributed by atoms with Crippen molar-refractivity contribution < 1.29 is 48.8 Å². The Morgan fingerprint density at radius 3 is 2.11 bits per heavy atom. The van der Waals surface area contributed by atoms with Crippen LogP contribution in [0.5, 0.6) is 5.75 Å². The Morgan fingerprint density at radius 2 is 1.55 bits per heavy atom. The summed E-state index contributed by atoms with van der Waals surface area (Å²) in [7, 11) is 0.952. The van der Waals surface area contributed by atoms with Gasteiger partial charge < -0.3 is 30.1 Å². The standard InChI is InChI=1S/C36H51NO10/c1-4-6-8-11-14-17-28(38)18-15-12-9-10-13-16-19-30(36(45,26-32(39)40)35(44)46-3)33(41)37-31(34(42)43)25-27-20-22-29(23-21-27)47-24-7-5-2/h16,19-23,30-31,45H,4,6,8-15,17-18,24-26H2,1-3H3,(H,37,41)(H,39,40)(H,42,43)/b19-16+/t30-,31+,36+/m1/s1. The molecule has 11 heteroatoms. The van der Waals surface area contributed by atoms with Gasteiger partial charge in [0.05, 0.1) is 19.4 Å². The number of benzene rings is 1. The lowest BCUT2D eigenvalue weighted by Crippen LogP contribution is -2.55. The van der Waals surface area contributed by atoms with Crippen LogP contribution < -0.4 is 10.1 Å². The van der Waals surface area contributed by atoms with Crippen molar-refractivity contribution in [1.82, 2.24) is 5.32 Å². The highest BCUT2D eigenvalue weighted by Crippen LogP contribution is 2.27. The van der Waals surface area contributed by atoms with E-state index < -0.39 is 47.8 Å². The maximum atomic E-state index is 13.4. The molecule has 1 aromatic carbocycles. The molecular weight excluding hydrogens is 606 g/mol. The Kier molecular flexibility index (Phi) is 20.2. The first-order valence-electron chi connectivity index (χ1n) is 16.3. The molecule has 1 amide bonds. The molecule has 0 aliphatic heterocycles. The lowest BCUT2D eigenvalue weighted by molar-refractivity contribution is -0.175. The quantitative estimate of drug-likeness (QED) is 0.0483. The Hall–Kier alpha value is -4.17. The molecule has 1 rings (SSSR count). The molecule has 0 radical (unpaired) electrons. The average molecular weight is 658 g/mol. The molecule has 0 aliphatic rings. The summed E-state index contributed by atoms with van der Waals surface area (Å²) in [4.78, 5) is 61.8. The molecule has 0 unspecified atom stereocenters. The van der Waals surface area contributed by atoms with Gasteiger partial charge in [-0.2, -0.15) is 0 Å². The number of amides is 1. The molecule has 3 atom stereocenters. The van der Waals surface area contributed by atoms with Crippen LogP contribution >= 0.6 is 0 Å². The molecule has 0 heterocycles. The number of unbranched alkanes of at least 4 members (excludes halogenated alkanes) is 8. The number of aliphatic hydroxyl groups is 1. The summed E-state index contributed by atoms with van der Waals surface area (Å²) in [6.45, 7) is 4.03. The van der Waals surface area contributed by atoms with E-state index in [1.807, 2.05) is 0 Å². The largest absolute Gasteiger partial charge is 0.481 e. The van der Waals surface area contributed by atoms with Crippen LogP contribution in [0.3, 0.4) is 0 Å². The number of rotatable bonds is 25. The lowest BCUT2D eigenvalue weighted by atomic mass is 9.82. The molecule has 1 aromatic rings. The number of esters is 1. The van der Waals surface area contributed by atoms with Crippen LogP contribution in [0, 0.1) is 17.8 Å². The minimum atomic E-state index is -2.79. The van der Waals surface area contributed by atoms with Crippen molar-refractivity contribution in [3.8, 4) is 17.6 Å². The summed E-state index contributed by atoms with van der Waals surface area (Å²) in [6, 6.07) is 5.08. The van der Waals surface area contributed by atoms with Crippen LogP contribution in [0.2, 0.25) is 0 Å². The van der Waals surface area contributed by atoms with Gasteiger partial charge in [0.1, 0.15) is 24.2 Å². The van der Waals surface area contributed by atoms with Gasteiger partial charge in [0.25, 0.3) is 0 Å². The van der Waals surface area contributed by atoms with Gasteiger partial charge in [-0.25, -0.2) is 9.59 Å². The first kappa shape index (κ1) is 40.9. The summed E-state index contributed by atoms with van der Waals surface area (Å²) >= 11 is 0. The normalized spacial score (nSPS) is 13.4. The average Bonchev–Trinajstić information content (AvgIpc) is 3.03. The summed E-state index contributed by atoms with van der Waals surface area (Å²) in [6.07, 6.45) is 11.8. The van der Waals surface area contributed by atoms with Crippen molar-refractivity contribution >= 4 is 29.6 Å². The number of allylic oxidation sites excluding steroid dienone is 1. The van der Waals surface area contributed by atoms with Gasteiger partial charge in [0.2, 0.25) is 5.91 Å². The topological polar surface area (TPSA) is 177 Å². The fourth-order valence-corrected chi connectivity index (χ4v) is 5.01. The predicted molar refractivity (Wildman–Crippen MR) is 177 cm³/mol. The molecule has 0 fully saturated rings. The second kappa shape index (κ2) is 23.2. The number of carboxylic acids is 2. The lowest BCUT2D eigenvalue weighted by Gasteiger charge is -2.30. The minimum Gasteiger partial charge on any atom is -0.481 e. The van der Waals surface area contributed by atoms with Crippen molar-refractivity contribution in [2.75, 3.05) is 13.7 Å². The second-order valence-corrected chi connectivity index (χ2v) is 11.5. The number of nitrogens with one attached hydrogen (secondary N) is 1. The Balaban J connectivity index is 2.89. The number of carbonyl (C=O) groups excluding carboxylic acids is 3. The van der Waals surface area contributed by atoms with E-state index in [0.29, 0.717) is 37.0 Å². The zero-order chi connectivity index (χ0) is 35.1.